The number of benzene rings is 1. The van der Waals surface area contributed by atoms with Crippen molar-refractivity contribution in [2.45, 2.75) is 78.0 Å². The number of alkyl carbamates (subject to hydrolysis) is 2. The maximum absolute atomic E-state index is 13.3. The molecular weight excluding hydrogens is 422 g/mol. The summed E-state index contributed by atoms with van der Waals surface area (Å²) in [7, 11) is 0. The zero-order valence-corrected chi connectivity index (χ0v) is 20.8. The first-order valence-corrected chi connectivity index (χ1v) is 11.6. The van der Waals surface area contributed by atoms with Gasteiger partial charge in [0.2, 0.25) is 5.91 Å². The number of piperidine rings is 1. The lowest BCUT2D eigenvalue weighted by Crippen LogP contribution is -2.53. The number of nitrogens with one attached hydrogen (secondary N) is 2. The van der Waals surface area contributed by atoms with Crippen LogP contribution in [0.4, 0.5) is 9.59 Å². The zero-order valence-electron chi connectivity index (χ0n) is 20.8. The fourth-order valence-corrected chi connectivity index (χ4v) is 3.62. The molecule has 1 heterocycles. The van der Waals surface area contributed by atoms with E-state index in [0.717, 1.165) is 18.4 Å². The molecule has 1 aliphatic heterocycles. The SMILES string of the molecule is CC(C)(C)OC(=O)NCC1CCN(C(=O)C(Cc2ccccc2)NC(=O)OC(C)(C)C)CC1. The lowest BCUT2D eigenvalue weighted by Gasteiger charge is -2.34. The lowest BCUT2D eigenvalue weighted by molar-refractivity contribution is -0.134. The second kappa shape index (κ2) is 11.4. The summed E-state index contributed by atoms with van der Waals surface area (Å²) in [5.41, 5.74) is -0.220. The molecule has 0 aliphatic carbocycles. The predicted molar refractivity (Wildman–Crippen MR) is 127 cm³/mol. The van der Waals surface area contributed by atoms with Crippen molar-refractivity contribution in [3.63, 3.8) is 0 Å². The van der Waals surface area contributed by atoms with E-state index in [2.05, 4.69) is 10.6 Å². The first kappa shape index (κ1) is 26.5. The van der Waals surface area contributed by atoms with Gasteiger partial charge in [0.05, 0.1) is 0 Å². The molecule has 1 atom stereocenters. The number of hydrogen-bond acceptors (Lipinski definition) is 5. The average molecular weight is 462 g/mol. The van der Waals surface area contributed by atoms with E-state index in [9.17, 15) is 14.4 Å². The van der Waals surface area contributed by atoms with Gasteiger partial charge in [0, 0.05) is 26.1 Å². The number of carbonyl (C=O) groups excluding carboxylic acids is 3. The van der Waals surface area contributed by atoms with E-state index in [1.54, 1.807) is 25.7 Å². The Morgan fingerprint density at radius 1 is 0.939 bits per heavy atom. The van der Waals surface area contributed by atoms with Crippen LogP contribution < -0.4 is 10.6 Å². The summed E-state index contributed by atoms with van der Waals surface area (Å²) in [5, 5.41) is 5.58. The van der Waals surface area contributed by atoms with Crippen LogP contribution >= 0.6 is 0 Å². The average Bonchev–Trinajstić information content (AvgIpc) is 2.70. The molecule has 0 spiro atoms. The topological polar surface area (TPSA) is 97.0 Å². The molecule has 184 valence electrons. The largest absolute Gasteiger partial charge is 0.444 e. The van der Waals surface area contributed by atoms with E-state index in [-0.39, 0.29) is 11.8 Å². The van der Waals surface area contributed by atoms with Crippen LogP contribution in [0.25, 0.3) is 0 Å². The summed E-state index contributed by atoms with van der Waals surface area (Å²) >= 11 is 0. The maximum Gasteiger partial charge on any atom is 0.408 e. The van der Waals surface area contributed by atoms with E-state index in [0.29, 0.717) is 26.1 Å². The molecule has 3 amide bonds. The van der Waals surface area contributed by atoms with Gasteiger partial charge in [-0.2, -0.15) is 0 Å². The standard InChI is InChI=1S/C25H39N3O5/c1-24(2,3)32-22(30)26-17-19-12-14-28(15-13-19)21(29)20(16-18-10-8-7-9-11-18)27-23(31)33-25(4,5)6/h7-11,19-20H,12-17H2,1-6H3,(H,26,30)(H,27,31). The van der Waals surface area contributed by atoms with E-state index in [1.807, 2.05) is 51.1 Å². The molecule has 0 radical (unpaired) electrons. The highest BCUT2D eigenvalue weighted by atomic mass is 16.6. The molecule has 1 aliphatic rings. The molecule has 1 unspecified atom stereocenters. The Kier molecular flexibility index (Phi) is 9.14. The molecule has 2 N–H and O–H groups in total. The quantitative estimate of drug-likeness (QED) is 0.670. The maximum atomic E-state index is 13.3. The number of ether oxygens (including phenoxy) is 2. The minimum absolute atomic E-state index is 0.122. The summed E-state index contributed by atoms with van der Waals surface area (Å²) in [6, 6.07) is 8.90. The van der Waals surface area contributed by atoms with Crippen molar-refractivity contribution >= 4 is 18.1 Å². The summed E-state index contributed by atoms with van der Waals surface area (Å²) < 4.78 is 10.7. The number of likely N-dealkylation sites (tertiary alicyclic amines) is 1. The fraction of sp³-hybridized carbons (Fsp3) is 0.640. The molecule has 8 nitrogen and oxygen atoms in total. The zero-order chi connectivity index (χ0) is 24.6. The molecule has 1 aromatic carbocycles. The highest BCUT2D eigenvalue weighted by Crippen LogP contribution is 2.19. The molecule has 1 saturated heterocycles. The summed E-state index contributed by atoms with van der Waals surface area (Å²) in [5.74, 6) is 0.149. The van der Waals surface area contributed by atoms with Gasteiger partial charge in [0.15, 0.2) is 0 Å². The molecule has 0 aromatic heterocycles. The molecule has 1 fully saturated rings. The van der Waals surface area contributed by atoms with Gasteiger partial charge in [0.25, 0.3) is 0 Å². The van der Waals surface area contributed by atoms with Crippen molar-refractivity contribution in [2.75, 3.05) is 19.6 Å². The van der Waals surface area contributed by atoms with Gasteiger partial charge in [-0.05, 0) is 65.9 Å². The fourth-order valence-electron chi connectivity index (χ4n) is 3.62. The van der Waals surface area contributed by atoms with Gasteiger partial charge >= 0.3 is 12.2 Å². The number of hydrogen-bond donors (Lipinski definition) is 2. The molecule has 0 bridgehead atoms. The van der Waals surface area contributed by atoms with Crippen LogP contribution in [0.1, 0.15) is 59.9 Å². The Morgan fingerprint density at radius 3 is 2.03 bits per heavy atom. The van der Waals surface area contributed by atoms with Crippen LogP contribution in [0.15, 0.2) is 30.3 Å². The third-order valence-corrected chi connectivity index (χ3v) is 5.13. The first-order valence-electron chi connectivity index (χ1n) is 11.6. The minimum Gasteiger partial charge on any atom is -0.444 e. The Balaban J connectivity index is 1.93. The highest BCUT2D eigenvalue weighted by Gasteiger charge is 2.31. The minimum atomic E-state index is -0.710. The van der Waals surface area contributed by atoms with Crippen LogP contribution in [0.5, 0.6) is 0 Å². The summed E-state index contributed by atoms with van der Waals surface area (Å²) in [6.07, 6.45) is 0.899. The lowest BCUT2D eigenvalue weighted by atomic mass is 9.95. The molecule has 1 aromatic rings. The number of rotatable bonds is 6. The van der Waals surface area contributed by atoms with Gasteiger partial charge < -0.3 is 25.0 Å². The van der Waals surface area contributed by atoms with Gasteiger partial charge in [0.1, 0.15) is 17.2 Å². The van der Waals surface area contributed by atoms with Crippen molar-refractivity contribution < 1.29 is 23.9 Å². The van der Waals surface area contributed by atoms with Crippen molar-refractivity contribution in [1.29, 1.82) is 0 Å². The normalized spacial score (nSPS) is 16.0. The molecular formula is C25H39N3O5. The Labute approximate surface area is 197 Å². The smallest absolute Gasteiger partial charge is 0.408 e. The Morgan fingerprint density at radius 2 is 1.48 bits per heavy atom. The van der Waals surface area contributed by atoms with Crippen molar-refractivity contribution in [2.24, 2.45) is 5.92 Å². The molecule has 2 rings (SSSR count). The second-order valence-electron chi connectivity index (χ2n) is 10.5. The molecule has 0 saturated carbocycles. The van der Waals surface area contributed by atoms with Gasteiger partial charge in [-0.15, -0.1) is 0 Å². The van der Waals surface area contributed by atoms with Crippen LogP contribution in [0.2, 0.25) is 0 Å². The van der Waals surface area contributed by atoms with E-state index in [1.165, 1.54) is 0 Å². The van der Waals surface area contributed by atoms with Crippen LogP contribution in [0.3, 0.4) is 0 Å². The Hall–Kier alpha value is -2.77. The van der Waals surface area contributed by atoms with Crippen LogP contribution in [0, 0.1) is 5.92 Å². The van der Waals surface area contributed by atoms with E-state index in [4.69, 9.17) is 9.47 Å². The summed E-state index contributed by atoms with van der Waals surface area (Å²) in [4.78, 5) is 39.4. The van der Waals surface area contributed by atoms with Gasteiger partial charge in [-0.3, -0.25) is 4.79 Å². The summed E-state index contributed by atoms with van der Waals surface area (Å²) in [6.45, 7) is 12.5. The predicted octanol–water partition coefficient (Wildman–Crippen LogP) is 3.89. The monoisotopic (exact) mass is 461 g/mol. The van der Waals surface area contributed by atoms with Crippen LogP contribution in [-0.4, -0.2) is 59.9 Å². The second-order valence-corrected chi connectivity index (χ2v) is 10.5. The number of amides is 3. The molecule has 8 heteroatoms. The highest BCUT2D eigenvalue weighted by molar-refractivity contribution is 5.86. The number of nitrogens with zero attached hydrogens (tertiary/aromatic N) is 1. The van der Waals surface area contributed by atoms with Gasteiger partial charge in [-0.1, -0.05) is 30.3 Å². The van der Waals surface area contributed by atoms with Crippen LogP contribution in [-0.2, 0) is 20.7 Å². The third-order valence-electron chi connectivity index (χ3n) is 5.13. The van der Waals surface area contributed by atoms with Crippen molar-refractivity contribution in [1.82, 2.24) is 15.5 Å². The third kappa shape index (κ3) is 10.1. The first-order chi connectivity index (χ1) is 15.3. The Bertz CT molecular complexity index is 791. The van der Waals surface area contributed by atoms with E-state index < -0.39 is 29.4 Å². The van der Waals surface area contributed by atoms with Gasteiger partial charge in [-0.25, -0.2) is 9.59 Å². The number of carbonyl (C=O) groups is 3. The van der Waals surface area contributed by atoms with E-state index >= 15 is 0 Å². The van der Waals surface area contributed by atoms with Crippen molar-refractivity contribution in [3.8, 4) is 0 Å². The van der Waals surface area contributed by atoms with Crippen molar-refractivity contribution in [3.05, 3.63) is 35.9 Å². The molecule has 33 heavy (non-hydrogen) atoms.